The maximum absolute atomic E-state index is 12.4. The topological polar surface area (TPSA) is 66.9 Å². The molecule has 2 aromatic carbocycles. The minimum atomic E-state index is -3.30. The van der Waals surface area contributed by atoms with Gasteiger partial charge in [0.1, 0.15) is 5.75 Å². The fraction of sp³-hybridized carbons (Fsp3) is 0.316. The van der Waals surface area contributed by atoms with Crippen LogP contribution < -0.4 is 9.04 Å². The van der Waals surface area contributed by atoms with Crippen LogP contribution in [-0.4, -0.2) is 46.7 Å². The molecular weight excluding hydrogens is 352 g/mol. The Labute approximate surface area is 155 Å². The molecule has 26 heavy (non-hydrogen) atoms. The molecule has 0 saturated heterocycles. The second kappa shape index (κ2) is 8.23. The first-order valence-electron chi connectivity index (χ1n) is 8.10. The summed E-state index contributed by atoms with van der Waals surface area (Å²) >= 11 is 0. The molecule has 0 unspecified atom stereocenters. The van der Waals surface area contributed by atoms with Gasteiger partial charge in [0, 0.05) is 20.6 Å². The molecule has 0 N–H and O–H groups in total. The minimum absolute atomic E-state index is 0.00923. The van der Waals surface area contributed by atoms with Gasteiger partial charge in [0.2, 0.25) is 15.9 Å². The lowest BCUT2D eigenvalue weighted by atomic mass is 10.1. The zero-order valence-electron chi connectivity index (χ0n) is 15.5. The number of carbonyl (C=O) groups excluding carboxylic acids is 1. The first-order valence-corrected chi connectivity index (χ1v) is 9.95. The van der Waals surface area contributed by atoms with Crippen LogP contribution in [0.5, 0.6) is 5.75 Å². The second-order valence-electron chi connectivity index (χ2n) is 6.17. The Morgan fingerprint density at radius 2 is 1.50 bits per heavy atom. The molecule has 2 aromatic rings. The Morgan fingerprint density at radius 1 is 0.962 bits per heavy atom. The van der Waals surface area contributed by atoms with Crippen LogP contribution in [0.15, 0.2) is 48.5 Å². The molecule has 0 atom stereocenters. The van der Waals surface area contributed by atoms with Crippen molar-refractivity contribution >= 4 is 21.6 Å². The molecule has 0 bridgehead atoms. The van der Waals surface area contributed by atoms with Crippen LogP contribution in [0.1, 0.15) is 11.1 Å². The molecular formula is C19H24N2O4S. The van der Waals surface area contributed by atoms with E-state index < -0.39 is 10.0 Å². The van der Waals surface area contributed by atoms with Crippen LogP contribution in [0.2, 0.25) is 0 Å². The Bertz CT molecular complexity index is 846. The average molecular weight is 376 g/mol. The number of sulfonamides is 1. The van der Waals surface area contributed by atoms with E-state index in [1.807, 2.05) is 24.3 Å². The Morgan fingerprint density at radius 3 is 2.00 bits per heavy atom. The van der Waals surface area contributed by atoms with Crippen molar-refractivity contribution in [3.63, 3.8) is 0 Å². The van der Waals surface area contributed by atoms with E-state index in [9.17, 15) is 13.2 Å². The van der Waals surface area contributed by atoms with Crippen molar-refractivity contribution in [2.24, 2.45) is 0 Å². The van der Waals surface area contributed by atoms with Crippen LogP contribution in [-0.2, 0) is 27.8 Å². The number of rotatable bonds is 7. The lowest BCUT2D eigenvalue weighted by molar-refractivity contribution is -0.129. The Hall–Kier alpha value is -2.54. The van der Waals surface area contributed by atoms with E-state index in [1.54, 1.807) is 43.3 Å². The fourth-order valence-corrected chi connectivity index (χ4v) is 2.92. The molecule has 0 heterocycles. The van der Waals surface area contributed by atoms with Crippen molar-refractivity contribution < 1.29 is 17.9 Å². The molecule has 0 radical (unpaired) electrons. The Balaban J connectivity index is 1.97. The maximum Gasteiger partial charge on any atom is 0.231 e. The van der Waals surface area contributed by atoms with E-state index in [-0.39, 0.29) is 12.3 Å². The van der Waals surface area contributed by atoms with Gasteiger partial charge in [0.05, 0.1) is 25.5 Å². The SMILES string of the molecule is COc1ccc(CN(C)C(=O)Cc2ccc(N(C)S(C)(=O)=O)cc2)cc1. The standard InChI is InChI=1S/C19H24N2O4S/c1-20(14-16-7-11-18(25-3)12-8-16)19(22)13-15-5-9-17(10-6-15)21(2)26(4,23)24/h5-12H,13-14H2,1-4H3. The molecule has 6 nitrogen and oxygen atoms in total. The molecule has 0 fully saturated rings. The highest BCUT2D eigenvalue weighted by Gasteiger charge is 2.13. The van der Waals surface area contributed by atoms with E-state index in [0.717, 1.165) is 23.1 Å². The van der Waals surface area contributed by atoms with Gasteiger partial charge in [-0.05, 0) is 35.4 Å². The quantitative estimate of drug-likeness (QED) is 0.744. The summed E-state index contributed by atoms with van der Waals surface area (Å²) < 4.78 is 29.4. The summed E-state index contributed by atoms with van der Waals surface area (Å²) in [7, 11) is 1.58. The van der Waals surface area contributed by atoms with E-state index in [1.165, 1.54) is 11.4 Å². The third-order valence-corrected chi connectivity index (χ3v) is 5.36. The van der Waals surface area contributed by atoms with Crippen molar-refractivity contribution in [3.05, 3.63) is 59.7 Å². The summed E-state index contributed by atoms with van der Waals surface area (Å²) in [4.78, 5) is 14.1. The van der Waals surface area contributed by atoms with E-state index in [4.69, 9.17) is 4.74 Å². The van der Waals surface area contributed by atoms with E-state index in [2.05, 4.69) is 0 Å². The smallest absolute Gasteiger partial charge is 0.231 e. The Kier molecular flexibility index (Phi) is 6.26. The second-order valence-corrected chi connectivity index (χ2v) is 8.19. The van der Waals surface area contributed by atoms with Crippen LogP contribution in [0.4, 0.5) is 5.69 Å². The van der Waals surface area contributed by atoms with Crippen LogP contribution in [0.25, 0.3) is 0 Å². The number of nitrogens with zero attached hydrogens (tertiary/aromatic N) is 2. The number of hydrogen-bond acceptors (Lipinski definition) is 4. The van der Waals surface area contributed by atoms with Gasteiger partial charge in [-0.25, -0.2) is 8.42 Å². The van der Waals surface area contributed by atoms with Gasteiger partial charge in [-0.2, -0.15) is 0 Å². The number of hydrogen-bond donors (Lipinski definition) is 0. The normalized spacial score (nSPS) is 11.1. The predicted octanol–water partition coefficient (Wildman–Crippen LogP) is 2.29. The lowest BCUT2D eigenvalue weighted by Crippen LogP contribution is -2.27. The molecule has 0 aliphatic carbocycles. The summed E-state index contributed by atoms with van der Waals surface area (Å²) in [6.07, 6.45) is 1.41. The van der Waals surface area contributed by atoms with Gasteiger partial charge in [-0.3, -0.25) is 9.10 Å². The number of amides is 1. The van der Waals surface area contributed by atoms with Crippen molar-refractivity contribution in [1.29, 1.82) is 0 Å². The number of carbonyl (C=O) groups is 1. The molecule has 0 saturated carbocycles. The highest BCUT2D eigenvalue weighted by molar-refractivity contribution is 7.92. The zero-order chi connectivity index (χ0) is 19.3. The molecule has 0 aromatic heterocycles. The van der Waals surface area contributed by atoms with Crippen LogP contribution >= 0.6 is 0 Å². The number of likely N-dealkylation sites (N-methyl/N-ethyl adjacent to an activating group) is 1. The molecule has 7 heteroatoms. The van der Waals surface area contributed by atoms with E-state index >= 15 is 0 Å². The average Bonchev–Trinajstić information content (AvgIpc) is 2.61. The highest BCUT2D eigenvalue weighted by atomic mass is 32.2. The van der Waals surface area contributed by atoms with Gasteiger partial charge in [-0.15, -0.1) is 0 Å². The van der Waals surface area contributed by atoms with Crippen molar-refractivity contribution in [1.82, 2.24) is 4.90 Å². The summed E-state index contributed by atoms with van der Waals surface area (Å²) in [5, 5.41) is 0. The molecule has 0 aliphatic heterocycles. The number of methoxy groups -OCH3 is 1. The van der Waals surface area contributed by atoms with Crippen LogP contribution in [0, 0.1) is 0 Å². The fourth-order valence-electron chi connectivity index (χ4n) is 2.42. The summed E-state index contributed by atoms with van der Waals surface area (Å²) in [5.41, 5.74) is 2.42. The number of ether oxygens (including phenoxy) is 1. The van der Waals surface area contributed by atoms with Crippen molar-refractivity contribution in [3.8, 4) is 5.75 Å². The van der Waals surface area contributed by atoms with Crippen molar-refractivity contribution in [2.45, 2.75) is 13.0 Å². The monoisotopic (exact) mass is 376 g/mol. The zero-order valence-corrected chi connectivity index (χ0v) is 16.3. The first kappa shape index (κ1) is 19.8. The maximum atomic E-state index is 12.4. The molecule has 0 aliphatic rings. The summed E-state index contributed by atoms with van der Waals surface area (Å²) in [6.45, 7) is 0.512. The van der Waals surface area contributed by atoms with Crippen molar-refractivity contribution in [2.75, 3.05) is 31.8 Å². The summed E-state index contributed by atoms with van der Waals surface area (Å²) in [5.74, 6) is 0.770. The molecule has 140 valence electrons. The third-order valence-electron chi connectivity index (χ3n) is 4.16. The number of anilines is 1. The molecule has 2 rings (SSSR count). The van der Waals surface area contributed by atoms with Gasteiger partial charge < -0.3 is 9.64 Å². The van der Waals surface area contributed by atoms with Gasteiger partial charge in [0.15, 0.2) is 0 Å². The third kappa shape index (κ3) is 5.23. The summed E-state index contributed by atoms with van der Waals surface area (Å²) in [6, 6.07) is 14.5. The number of benzene rings is 2. The minimum Gasteiger partial charge on any atom is -0.497 e. The first-order chi connectivity index (χ1) is 12.2. The predicted molar refractivity (Wildman–Crippen MR) is 103 cm³/mol. The van der Waals surface area contributed by atoms with Gasteiger partial charge >= 0.3 is 0 Å². The molecule has 0 spiro atoms. The molecule has 1 amide bonds. The van der Waals surface area contributed by atoms with Gasteiger partial charge in [0.25, 0.3) is 0 Å². The highest BCUT2D eigenvalue weighted by Crippen LogP contribution is 2.17. The van der Waals surface area contributed by atoms with Gasteiger partial charge in [-0.1, -0.05) is 24.3 Å². The van der Waals surface area contributed by atoms with E-state index in [0.29, 0.717) is 12.2 Å². The van der Waals surface area contributed by atoms with Crippen LogP contribution in [0.3, 0.4) is 0 Å². The lowest BCUT2D eigenvalue weighted by Gasteiger charge is -2.19. The largest absolute Gasteiger partial charge is 0.497 e.